The van der Waals surface area contributed by atoms with Crippen molar-refractivity contribution in [3.8, 4) is 0 Å². The number of anilines is 1. The van der Waals surface area contributed by atoms with Gasteiger partial charge in [0.15, 0.2) is 0 Å². The number of aromatic nitrogens is 2. The van der Waals surface area contributed by atoms with Crippen molar-refractivity contribution in [3.05, 3.63) is 24.0 Å². The maximum Gasteiger partial charge on any atom is 0.201 e. The molecule has 0 amide bonds. The van der Waals surface area contributed by atoms with Crippen molar-refractivity contribution in [2.45, 2.75) is 18.7 Å². The highest BCUT2D eigenvalue weighted by molar-refractivity contribution is 6.20. The minimum absolute atomic E-state index is 0.0740. The SMILES string of the molecule is CCC(Cl)CNc1nc2ccc(F)cc2[nH]1. The van der Waals surface area contributed by atoms with E-state index in [4.69, 9.17) is 11.6 Å². The summed E-state index contributed by atoms with van der Waals surface area (Å²) in [7, 11) is 0. The van der Waals surface area contributed by atoms with Gasteiger partial charge in [-0.25, -0.2) is 9.37 Å². The van der Waals surface area contributed by atoms with Gasteiger partial charge in [0, 0.05) is 6.54 Å². The summed E-state index contributed by atoms with van der Waals surface area (Å²) in [4.78, 5) is 7.26. The molecule has 1 aromatic carbocycles. The van der Waals surface area contributed by atoms with Gasteiger partial charge >= 0.3 is 0 Å². The van der Waals surface area contributed by atoms with E-state index in [2.05, 4.69) is 15.3 Å². The Hall–Kier alpha value is -1.29. The summed E-state index contributed by atoms with van der Waals surface area (Å²) >= 11 is 5.97. The molecule has 0 saturated carbocycles. The van der Waals surface area contributed by atoms with Gasteiger partial charge in [-0.3, -0.25) is 0 Å². The zero-order valence-electron chi connectivity index (χ0n) is 8.93. The summed E-state index contributed by atoms with van der Waals surface area (Å²) in [5.41, 5.74) is 1.43. The van der Waals surface area contributed by atoms with Crippen molar-refractivity contribution in [1.29, 1.82) is 0 Å². The van der Waals surface area contributed by atoms with Crippen molar-refractivity contribution in [3.63, 3.8) is 0 Å². The molecular weight excluding hydrogens is 229 g/mol. The molecule has 1 atom stereocenters. The van der Waals surface area contributed by atoms with E-state index in [1.807, 2.05) is 6.92 Å². The van der Waals surface area contributed by atoms with E-state index in [0.717, 1.165) is 11.9 Å². The van der Waals surface area contributed by atoms with Crippen LogP contribution in [0.3, 0.4) is 0 Å². The molecule has 86 valence electrons. The van der Waals surface area contributed by atoms with Crippen LogP contribution in [0.4, 0.5) is 10.3 Å². The normalized spacial score (nSPS) is 12.9. The lowest BCUT2D eigenvalue weighted by Crippen LogP contribution is -2.13. The van der Waals surface area contributed by atoms with Gasteiger partial charge < -0.3 is 10.3 Å². The lowest BCUT2D eigenvalue weighted by atomic mass is 10.3. The highest BCUT2D eigenvalue weighted by atomic mass is 35.5. The Morgan fingerprint density at radius 2 is 2.38 bits per heavy atom. The molecule has 0 aliphatic carbocycles. The Morgan fingerprint density at radius 1 is 1.56 bits per heavy atom. The fourth-order valence-corrected chi connectivity index (χ4v) is 1.49. The molecule has 1 aromatic heterocycles. The van der Waals surface area contributed by atoms with Gasteiger partial charge in [0.05, 0.1) is 16.4 Å². The zero-order valence-corrected chi connectivity index (χ0v) is 9.68. The lowest BCUT2D eigenvalue weighted by molar-refractivity contribution is 0.629. The number of nitrogens with zero attached hydrogens (tertiary/aromatic N) is 1. The van der Waals surface area contributed by atoms with Crippen molar-refractivity contribution in [2.24, 2.45) is 0 Å². The first kappa shape index (κ1) is 11.2. The molecule has 1 unspecified atom stereocenters. The maximum atomic E-state index is 12.9. The standard InChI is InChI=1S/C11H13ClFN3/c1-2-7(12)6-14-11-15-9-4-3-8(13)5-10(9)16-11/h3-5,7H,2,6H2,1H3,(H2,14,15,16). The van der Waals surface area contributed by atoms with E-state index in [1.165, 1.54) is 12.1 Å². The first-order chi connectivity index (χ1) is 7.69. The number of fused-ring (bicyclic) bond motifs is 1. The first-order valence-electron chi connectivity index (χ1n) is 5.22. The minimum Gasteiger partial charge on any atom is -0.354 e. The molecule has 0 radical (unpaired) electrons. The molecule has 3 nitrogen and oxygen atoms in total. The fourth-order valence-electron chi connectivity index (χ4n) is 1.42. The fraction of sp³-hybridized carbons (Fsp3) is 0.364. The molecule has 1 heterocycles. The third-order valence-electron chi connectivity index (χ3n) is 2.38. The van der Waals surface area contributed by atoms with Crippen LogP contribution < -0.4 is 5.32 Å². The Labute approximate surface area is 98.0 Å². The number of nitrogens with one attached hydrogen (secondary N) is 2. The largest absolute Gasteiger partial charge is 0.354 e. The number of hydrogen-bond donors (Lipinski definition) is 2. The molecule has 0 saturated heterocycles. The maximum absolute atomic E-state index is 12.9. The molecule has 2 N–H and O–H groups in total. The summed E-state index contributed by atoms with van der Waals surface area (Å²) < 4.78 is 12.9. The Bertz CT molecular complexity index is 483. The number of halogens is 2. The van der Waals surface area contributed by atoms with Crippen LogP contribution in [-0.2, 0) is 0 Å². The number of imidazole rings is 1. The van der Waals surface area contributed by atoms with Crippen LogP contribution in [0, 0.1) is 5.82 Å². The van der Waals surface area contributed by atoms with Crippen LogP contribution >= 0.6 is 11.6 Å². The predicted molar refractivity (Wildman–Crippen MR) is 64.5 cm³/mol. The zero-order chi connectivity index (χ0) is 11.5. The second-order valence-electron chi connectivity index (χ2n) is 3.63. The van der Waals surface area contributed by atoms with Crippen LogP contribution in [0.25, 0.3) is 11.0 Å². The molecule has 5 heteroatoms. The van der Waals surface area contributed by atoms with E-state index in [9.17, 15) is 4.39 Å². The molecule has 0 spiro atoms. The molecule has 2 aromatic rings. The molecular formula is C11H13ClFN3. The first-order valence-corrected chi connectivity index (χ1v) is 5.66. The van der Waals surface area contributed by atoms with Gasteiger partial charge in [-0.2, -0.15) is 0 Å². The number of aromatic amines is 1. The average Bonchev–Trinajstić information content (AvgIpc) is 2.67. The highest BCUT2D eigenvalue weighted by Gasteiger charge is 2.05. The van der Waals surface area contributed by atoms with Gasteiger partial charge in [0.25, 0.3) is 0 Å². The van der Waals surface area contributed by atoms with Crippen molar-refractivity contribution in [1.82, 2.24) is 9.97 Å². The van der Waals surface area contributed by atoms with Crippen molar-refractivity contribution >= 4 is 28.6 Å². The van der Waals surface area contributed by atoms with E-state index in [1.54, 1.807) is 6.07 Å². The third-order valence-corrected chi connectivity index (χ3v) is 2.84. The molecule has 0 bridgehead atoms. The summed E-state index contributed by atoms with van der Waals surface area (Å²) in [5.74, 6) is 0.353. The minimum atomic E-state index is -0.272. The van der Waals surface area contributed by atoms with Gasteiger partial charge in [-0.1, -0.05) is 6.92 Å². The molecule has 0 fully saturated rings. The average molecular weight is 242 g/mol. The number of alkyl halides is 1. The summed E-state index contributed by atoms with van der Waals surface area (Å²) in [6.07, 6.45) is 0.892. The third kappa shape index (κ3) is 2.44. The predicted octanol–water partition coefficient (Wildman–Crippen LogP) is 3.13. The number of hydrogen-bond acceptors (Lipinski definition) is 2. The Kier molecular flexibility index (Phi) is 3.29. The van der Waals surface area contributed by atoms with E-state index in [0.29, 0.717) is 18.0 Å². The van der Waals surface area contributed by atoms with E-state index in [-0.39, 0.29) is 11.2 Å². The van der Waals surface area contributed by atoms with Crippen molar-refractivity contribution < 1.29 is 4.39 Å². The summed E-state index contributed by atoms with van der Waals surface area (Å²) in [6.45, 7) is 2.66. The smallest absolute Gasteiger partial charge is 0.201 e. The van der Waals surface area contributed by atoms with Gasteiger partial charge in [-0.15, -0.1) is 11.6 Å². The van der Waals surface area contributed by atoms with Crippen LogP contribution in [-0.4, -0.2) is 21.9 Å². The van der Waals surface area contributed by atoms with E-state index < -0.39 is 0 Å². The molecule has 16 heavy (non-hydrogen) atoms. The summed E-state index contributed by atoms with van der Waals surface area (Å²) in [5, 5.41) is 3.16. The highest BCUT2D eigenvalue weighted by Crippen LogP contribution is 2.15. The topological polar surface area (TPSA) is 40.7 Å². The number of rotatable bonds is 4. The number of benzene rings is 1. The molecule has 0 aliphatic heterocycles. The lowest BCUT2D eigenvalue weighted by Gasteiger charge is -2.06. The van der Waals surface area contributed by atoms with Gasteiger partial charge in [0.1, 0.15) is 5.82 Å². The van der Waals surface area contributed by atoms with Crippen LogP contribution in [0.15, 0.2) is 18.2 Å². The van der Waals surface area contributed by atoms with E-state index >= 15 is 0 Å². The Balaban J connectivity index is 2.13. The summed E-state index contributed by atoms with van der Waals surface area (Å²) in [6, 6.07) is 4.46. The van der Waals surface area contributed by atoms with Crippen LogP contribution in [0.5, 0.6) is 0 Å². The number of H-pyrrole nitrogens is 1. The van der Waals surface area contributed by atoms with Gasteiger partial charge in [-0.05, 0) is 24.6 Å². The molecule has 2 rings (SSSR count). The van der Waals surface area contributed by atoms with Crippen LogP contribution in [0.2, 0.25) is 0 Å². The monoisotopic (exact) mass is 241 g/mol. The van der Waals surface area contributed by atoms with Crippen molar-refractivity contribution in [2.75, 3.05) is 11.9 Å². The quantitative estimate of drug-likeness (QED) is 0.808. The van der Waals surface area contributed by atoms with Crippen LogP contribution in [0.1, 0.15) is 13.3 Å². The second kappa shape index (κ2) is 4.70. The van der Waals surface area contributed by atoms with Gasteiger partial charge in [0.2, 0.25) is 5.95 Å². The Morgan fingerprint density at radius 3 is 3.12 bits per heavy atom. The second-order valence-corrected chi connectivity index (χ2v) is 4.25. The molecule has 0 aliphatic rings.